The zero-order chi connectivity index (χ0) is 29.0. The summed E-state index contributed by atoms with van der Waals surface area (Å²) in [6.45, 7) is 9.97. The van der Waals surface area contributed by atoms with Gasteiger partial charge < -0.3 is 10.6 Å². The van der Waals surface area contributed by atoms with Crippen molar-refractivity contribution in [2.75, 3.05) is 23.7 Å². The number of piperidine rings is 1. The highest BCUT2D eigenvalue weighted by Gasteiger charge is 2.34. The van der Waals surface area contributed by atoms with Crippen LogP contribution >= 0.6 is 0 Å². The molecule has 0 bridgehead atoms. The molecule has 41 heavy (non-hydrogen) atoms. The van der Waals surface area contributed by atoms with E-state index in [4.69, 9.17) is 5.10 Å². The Morgan fingerprint density at radius 3 is 2.41 bits per heavy atom. The summed E-state index contributed by atoms with van der Waals surface area (Å²) in [4.78, 5) is 35.7. The molecular formula is C32H37N7O2. The maximum atomic E-state index is 13.8. The van der Waals surface area contributed by atoms with Crippen molar-refractivity contribution in [1.29, 1.82) is 0 Å². The number of Topliss-reactive ketones (excluding diaryl/α,β-unsaturated/α-hetero) is 1. The number of ketones is 1. The fraction of sp³-hybridized carbons (Fsp3) is 0.344. The fourth-order valence-electron chi connectivity index (χ4n) is 5.24. The van der Waals surface area contributed by atoms with Gasteiger partial charge in [0.2, 0.25) is 0 Å². The number of hydrogen-bond donors (Lipinski definition) is 3. The topological polar surface area (TPSA) is 114 Å². The first-order valence-corrected chi connectivity index (χ1v) is 14.1. The molecule has 1 saturated heterocycles. The van der Waals surface area contributed by atoms with Gasteiger partial charge in [0.15, 0.2) is 5.78 Å². The number of aromatic nitrogens is 4. The Hall–Kier alpha value is -4.37. The second kappa shape index (κ2) is 12.0. The number of carbonyl (C=O) groups is 2. The van der Waals surface area contributed by atoms with E-state index < -0.39 is 11.9 Å². The highest BCUT2D eigenvalue weighted by molar-refractivity contribution is 6.03. The van der Waals surface area contributed by atoms with E-state index >= 15 is 0 Å². The van der Waals surface area contributed by atoms with Crippen molar-refractivity contribution in [3.8, 4) is 5.69 Å². The Kier molecular flexibility index (Phi) is 8.26. The van der Waals surface area contributed by atoms with E-state index in [2.05, 4.69) is 46.7 Å². The molecule has 3 heterocycles. The largest absolute Gasteiger partial charge is 0.324 e. The second-order valence-electron chi connectivity index (χ2n) is 11.6. The van der Waals surface area contributed by atoms with Gasteiger partial charge in [0, 0.05) is 29.6 Å². The molecule has 0 radical (unpaired) electrons. The SMILES string of the molecule is Cc1ccc(-n2nc(C(C)(C)C)cc2NC(=O)Nc2ccccc2C(C(=O)c2cnccn2)C2CCNCC2)cc1. The van der Waals surface area contributed by atoms with Gasteiger partial charge in [-0.15, -0.1) is 0 Å². The van der Waals surface area contributed by atoms with Crippen LogP contribution in [0.1, 0.15) is 66.8 Å². The van der Waals surface area contributed by atoms with Gasteiger partial charge in [-0.05, 0) is 62.5 Å². The first-order chi connectivity index (χ1) is 19.7. The first kappa shape index (κ1) is 28.2. The van der Waals surface area contributed by atoms with Crippen LogP contribution in [-0.4, -0.2) is 44.7 Å². The molecule has 1 unspecified atom stereocenters. The van der Waals surface area contributed by atoms with Crippen molar-refractivity contribution in [2.24, 2.45) is 5.92 Å². The summed E-state index contributed by atoms with van der Waals surface area (Å²) in [5.41, 5.74) is 4.32. The number of nitrogens with zero attached hydrogens (tertiary/aromatic N) is 4. The van der Waals surface area contributed by atoms with Gasteiger partial charge in [0.25, 0.3) is 0 Å². The van der Waals surface area contributed by atoms with Crippen LogP contribution in [0, 0.1) is 12.8 Å². The molecule has 2 aromatic carbocycles. The van der Waals surface area contributed by atoms with Crippen LogP contribution in [0.25, 0.3) is 5.69 Å². The number of rotatable bonds is 7. The molecule has 1 atom stereocenters. The van der Waals surface area contributed by atoms with Crippen LogP contribution in [0.4, 0.5) is 16.3 Å². The Morgan fingerprint density at radius 1 is 1.00 bits per heavy atom. The number of hydrogen-bond acceptors (Lipinski definition) is 6. The van der Waals surface area contributed by atoms with Crippen LogP contribution in [0.15, 0.2) is 73.2 Å². The molecule has 1 aliphatic heterocycles. The van der Waals surface area contributed by atoms with E-state index in [1.807, 2.05) is 61.5 Å². The quantitative estimate of drug-likeness (QED) is 0.247. The van der Waals surface area contributed by atoms with E-state index in [1.54, 1.807) is 10.9 Å². The number of urea groups is 1. The Morgan fingerprint density at radius 2 is 1.73 bits per heavy atom. The van der Waals surface area contributed by atoms with E-state index in [9.17, 15) is 9.59 Å². The molecule has 2 aromatic heterocycles. The minimum absolute atomic E-state index is 0.0908. The molecule has 0 aliphatic carbocycles. The monoisotopic (exact) mass is 551 g/mol. The minimum atomic E-state index is -0.462. The van der Waals surface area contributed by atoms with Crippen molar-refractivity contribution in [3.05, 3.63) is 95.7 Å². The van der Waals surface area contributed by atoms with E-state index in [1.165, 1.54) is 12.4 Å². The van der Waals surface area contributed by atoms with Crippen molar-refractivity contribution in [1.82, 2.24) is 25.1 Å². The number of aryl methyl sites for hydroxylation is 1. The molecule has 9 heteroatoms. The van der Waals surface area contributed by atoms with Crippen LogP contribution in [0.5, 0.6) is 0 Å². The molecule has 5 rings (SSSR count). The smallest absolute Gasteiger partial charge is 0.317 e. The van der Waals surface area contributed by atoms with E-state index in [0.29, 0.717) is 17.2 Å². The Balaban J connectivity index is 1.45. The summed E-state index contributed by atoms with van der Waals surface area (Å²) in [5, 5.41) is 14.2. The van der Waals surface area contributed by atoms with Crippen LogP contribution in [0.2, 0.25) is 0 Å². The second-order valence-corrected chi connectivity index (χ2v) is 11.6. The lowest BCUT2D eigenvalue weighted by Crippen LogP contribution is -2.34. The van der Waals surface area contributed by atoms with Gasteiger partial charge in [0.1, 0.15) is 11.5 Å². The maximum absolute atomic E-state index is 13.8. The van der Waals surface area contributed by atoms with Crippen LogP contribution in [-0.2, 0) is 5.41 Å². The third-order valence-corrected chi connectivity index (χ3v) is 7.50. The van der Waals surface area contributed by atoms with Gasteiger partial charge in [-0.2, -0.15) is 5.10 Å². The molecule has 212 valence electrons. The van der Waals surface area contributed by atoms with Gasteiger partial charge in [-0.25, -0.2) is 14.5 Å². The normalized spacial score (nSPS) is 14.8. The van der Waals surface area contributed by atoms with Crippen molar-refractivity contribution in [3.63, 3.8) is 0 Å². The third kappa shape index (κ3) is 6.52. The molecule has 4 aromatic rings. The van der Waals surface area contributed by atoms with Crippen molar-refractivity contribution < 1.29 is 9.59 Å². The summed E-state index contributed by atoms with van der Waals surface area (Å²) >= 11 is 0. The van der Waals surface area contributed by atoms with Gasteiger partial charge in [0.05, 0.1) is 23.5 Å². The maximum Gasteiger partial charge on any atom is 0.324 e. The number of nitrogens with one attached hydrogen (secondary N) is 3. The lowest BCUT2D eigenvalue weighted by Gasteiger charge is -2.31. The van der Waals surface area contributed by atoms with Crippen molar-refractivity contribution in [2.45, 2.75) is 51.9 Å². The number of amides is 2. The van der Waals surface area contributed by atoms with Gasteiger partial charge in [-0.1, -0.05) is 56.7 Å². The summed E-state index contributed by atoms with van der Waals surface area (Å²) in [6, 6.07) is 17.0. The Labute approximate surface area is 240 Å². The molecule has 3 N–H and O–H groups in total. The zero-order valence-corrected chi connectivity index (χ0v) is 24.0. The highest BCUT2D eigenvalue weighted by Crippen LogP contribution is 2.37. The average molecular weight is 552 g/mol. The summed E-state index contributed by atoms with van der Waals surface area (Å²) in [5.74, 6) is 0.108. The minimum Gasteiger partial charge on any atom is -0.317 e. The molecule has 0 spiro atoms. The molecule has 0 saturated carbocycles. The third-order valence-electron chi connectivity index (χ3n) is 7.50. The van der Waals surface area contributed by atoms with Crippen LogP contribution in [0.3, 0.4) is 0 Å². The van der Waals surface area contributed by atoms with Gasteiger partial charge >= 0.3 is 6.03 Å². The van der Waals surface area contributed by atoms with E-state index in [-0.39, 0.29) is 17.1 Å². The summed E-state index contributed by atoms with van der Waals surface area (Å²) in [6.07, 6.45) is 6.30. The number of anilines is 2. The zero-order valence-electron chi connectivity index (χ0n) is 24.0. The number of benzene rings is 2. The molecule has 1 fully saturated rings. The van der Waals surface area contributed by atoms with Crippen LogP contribution < -0.4 is 16.0 Å². The number of para-hydroxylation sites is 1. The molecule has 2 amide bonds. The molecule has 9 nitrogen and oxygen atoms in total. The van der Waals surface area contributed by atoms with Gasteiger partial charge in [-0.3, -0.25) is 15.1 Å². The standard InChI is InChI=1S/C32H37N7O2/c1-21-9-11-23(12-10-21)39-28(19-27(38-39)32(2,3)4)37-31(41)36-25-8-6-5-7-24(25)29(22-13-15-33-16-14-22)30(40)26-20-34-17-18-35-26/h5-12,17-20,22,29,33H,13-16H2,1-4H3,(H2,36,37,41). The predicted octanol–water partition coefficient (Wildman–Crippen LogP) is 5.88. The van der Waals surface area contributed by atoms with Crippen molar-refractivity contribution >= 4 is 23.3 Å². The average Bonchev–Trinajstić information content (AvgIpc) is 3.40. The summed E-state index contributed by atoms with van der Waals surface area (Å²) < 4.78 is 1.75. The molecule has 1 aliphatic rings. The predicted molar refractivity (Wildman–Crippen MR) is 161 cm³/mol. The molecular weight excluding hydrogens is 514 g/mol. The first-order valence-electron chi connectivity index (χ1n) is 14.1. The Bertz CT molecular complexity index is 1500. The highest BCUT2D eigenvalue weighted by atomic mass is 16.2. The lowest BCUT2D eigenvalue weighted by molar-refractivity contribution is 0.0911. The fourth-order valence-corrected chi connectivity index (χ4v) is 5.24. The van der Waals surface area contributed by atoms with E-state index in [0.717, 1.165) is 48.4 Å². The summed E-state index contributed by atoms with van der Waals surface area (Å²) in [7, 11) is 0. The lowest BCUT2D eigenvalue weighted by atomic mass is 9.76. The number of carbonyl (C=O) groups excluding carboxylic acids is 2.